The smallest absolute Gasteiger partial charge is 0.161 e. The molecule has 0 saturated heterocycles. The molecule has 2 aromatic rings. The lowest BCUT2D eigenvalue weighted by molar-refractivity contribution is 0.112. The van der Waals surface area contributed by atoms with E-state index in [-0.39, 0.29) is 0 Å². The SMILES string of the molecule is Cc1cc(-c2ncc(C=O)s2)ccc1Br. The van der Waals surface area contributed by atoms with Gasteiger partial charge in [-0.05, 0) is 24.6 Å². The average molecular weight is 282 g/mol. The molecule has 0 radical (unpaired) electrons. The first kappa shape index (κ1) is 10.5. The third-order valence-electron chi connectivity index (χ3n) is 2.04. The molecule has 0 atom stereocenters. The number of nitrogens with zero attached hydrogens (tertiary/aromatic N) is 1. The molecule has 15 heavy (non-hydrogen) atoms. The first-order valence-corrected chi connectivity index (χ1v) is 5.99. The Morgan fingerprint density at radius 3 is 2.87 bits per heavy atom. The molecule has 0 saturated carbocycles. The number of carbonyl (C=O) groups excluding carboxylic acids is 1. The summed E-state index contributed by atoms with van der Waals surface area (Å²) in [4.78, 5) is 15.4. The molecule has 0 aliphatic rings. The Hall–Kier alpha value is -1.000. The summed E-state index contributed by atoms with van der Waals surface area (Å²) in [5.74, 6) is 0. The first-order valence-electron chi connectivity index (χ1n) is 4.38. The van der Waals surface area contributed by atoms with Crippen LogP contribution in [0.2, 0.25) is 0 Å². The normalized spacial score (nSPS) is 10.3. The van der Waals surface area contributed by atoms with Crippen LogP contribution in [0.4, 0.5) is 0 Å². The van der Waals surface area contributed by atoms with Gasteiger partial charge in [-0.15, -0.1) is 11.3 Å². The second-order valence-electron chi connectivity index (χ2n) is 3.15. The number of halogens is 1. The van der Waals surface area contributed by atoms with Crippen LogP contribution in [-0.4, -0.2) is 11.3 Å². The summed E-state index contributed by atoms with van der Waals surface area (Å²) in [6.07, 6.45) is 2.43. The standard InChI is InChI=1S/C11H8BrNOS/c1-7-4-8(2-3-10(7)12)11-13-5-9(6-14)15-11/h2-6H,1H3. The summed E-state index contributed by atoms with van der Waals surface area (Å²) in [6.45, 7) is 2.03. The molecular weight excluding hydrogens is 274 g/mol. The molecule has 1 aromatic heterocycles. The van der Waals surface area contributed by atoms with E-state index in [1.54, 1.807) is 6.20 Å². The fourth-order valence-corrected chi connectivity index (χ4v) is 2.23. The van der Waals surface area contributed by atoms with Crippen LogP contribution in [0.5, 0.6) is 0 Å². The largest absolute Gasteiger partial charge is 0.297 e. The van der Waals surface area contributed by atoms with Crippen molar-refractivity contribution in [2.45, 2.75) is 6.92 Å². The van der Waals surface area contributed by atoms with Crippen molar-refractivity contribution in [2.24, 2.45) is 0 Å². The Labute approximate surface area is 100 Å². The zero-order valence-electron chi connectivity index (χ0n) is 8.03. The van der Waals surface area contributed by atoms with Crippen molar-refractivity contribution in [1.82, 2.24) is 4.98 Å². The summed E-state index contributed by atoms with van der Waals surface area (Å²) in [7, 11) is 0. The van der Waals surface area contributed by atoms with E-state index < -0.39 is 0 Å². The molecule has 0 aliphatic heterocycles. The molecule has 0 spiro atoms. The Kier molecular flexibility index (Phi) is 2.98. The van der Waals surface area contributed by atoms with Gasteiger partial charge in [-0.3, -0.25) is 4.79 Å². The summed E-state index contributed by atoms with van der Waals surface area (Å²) >= 11 is 4.85. The zero-order chi connectivity index (χ0) is 10.8. The van der Waals surface area contributed by atoms with Crippen molar-refractivity contribution in [1.29, 1.82) is 0 Å². The van der Waals surface area contributed by atoms with Crippen LogP contribution in [0.1, 0.15) is 15.2 Å². The Bertz CT molecular complexity index is 507. The van der Waals surface area contributed by atoms with Crippen LogP contribution < -0.4 is 0 Å². The highest BCUT2D eigenvalue weighted by Crippen LogP contribution is 2.27. The molecule has 0 aliphatic carbocycles. The molecule has 0 amide bonds. The van der Waals surface area contributed by atoms with E-state index >= 15 is 0 Å². The number of carbonyl (C=O) groups is 1. The van der Waals surface area contributed by atoms with Gasteiger partial charge in [0.25, 0.3) is 0 Å². The van der Waals surface area contributed by atoms with Gasteiger partial charge in [0.15, 0.2) is 6.29 Å². The van der Waals surface area contributed by atoms with Crippen LogP contribution >= 0.6 is 27.3 Å². The number of aryl methyl sites for hydroxylation is 1. The quantitative estimate of drug-likeness (QED) is 0.786. The van der Waals surface area contributed by atoms with Crippen LogP contribution in [0.15, 0.2) is 28.9 Å². The zero-order valence-corrected chi connectivity index (χ0v) is 10.4. The minimum atomic E-state index is 0.658. The topological polar surface area (TPSA) is 30.0 Å². The fourth-order valence-electron chi connectivity index (χ4n) is 1.25. The average Bonchev–Trinajstić information content (AvgIpc) is 2.70. The highest BCUT2D eigenvalue weighted by Gasteiger charge is 2.05. The highest BCUT2D eigenvalue weighted by molar-refractivity contribution is 9.10. The Morgan fingerprint density at radius 2 is 2.27 bits per heavy atom. The number of hydrogen-bond donors (Lipinski definition) is 0. The van der Waals surface area contributed by atoms with Crippen LogP contribution in [0.3, 0.4) is 0 Å². The number of rotatable bonds is 2. The number of aldehydes is 1. The molecule has 2 rings (SSSR count). The van der Waals surface area contributed by atoms with Gasteiger partial charge < -0.3 is 0 Å². The predicted molar refractivity (Wildman–Crippen MR) is 65.4 cm³/mol. The number of benzene rings is 1. The molecular formula is C11H8BrNOS. The van der Waals surface area contributed by atoms with E-state index in [0.717, 1.165) is 26.9 Å². The number of aromatic nitrogens is 1. The van der Waals surface area contributed by atoms with Crippen molar-refractivity contribution in [3.63, 3.8) is 0 Å². The van der Waals surface area contributed by atoms with Gasteiger partial charge in [0.2, 0.25) is 0 Å². The van der Waals surface area contributed by atoms with Crippen LogP contribution in [0, 0.1) is 6.92 Å². The maximum absolute atomic E-state index is 10.5. The summed E-state index contributed by atoms with van der Waals surface area (Å²) < 4.78 is 1.08. The maximum Gasteiger partial charge on any atom is 0.161 e. The minimum Gasteiger partial charge on any atom is -0.297 e. The summed E-state index contributed by atoms with van der Waals surface area (Å²) in [6, 6.07) is 6.04. The van der Waals surface area contributed by atoms with Gasteiger partial charge in [0.1, 0.15) is 5.01 Å². The number of hydrogen-bond acceptors (Lipinski definition) is 3. The molecule has 1 heterocycles. The van der Waals surface area contributed by atoms with E-state index in [1.165, 1.54) is 11.3 Å². The second kappa shape index (κ2) is 4.24. The Morgan fingerprint density at radius 1 is 1.47 bits per heavy atom. The minimum absolute atomic E-state index is 0.658. The van der Waals surface area contributed by atoms with Gasteiger partial charge in [-0.25, -0.2) is 4.98 Å². The highest BCUT2D eigenvalue weighted by atomic mass is 79.9. The van der Waals surface area contributed by atoms with Gasteiger partial charge >= 0.3 is 0 Å². The predicted octanol–water partition coefficient (Wildman–Crippen LogP) is 3.69. The lowest BCUT2D eigenvalue weighted by Crippen LogP contribution is -1.79. The lowest BCUT2D eigenvalue weighted by atomic mass is 10.1. The third kappa shape index (κ3) is 2.16. The molecule has 1 aromatic carbocycles. The first-order chi connectivity index (χ1) is 7.20. The molecule has 0 unspecified atom stereocenters. The van der Waals surface area contributed by atoms with Crippen molar-refractivity contribution >= 4 is 33.6 Å². The monoisotopic (exact) mass is 281 g/mol. The molecule has 0 bridgehead atoms. The molecule has 4 heteroatoms. The Balaban J connectivity index is 2.44. The second-order valence-corrected chi connectivity index (χ2v) is 5.07. The maximum atomic E-state index is 10.5. The molecule has 76 valence electrons. The van der Waals surface area contributed by atoms with Gasteiger partial charge in [-0.2, -0.15) is 0 Å². The van der Waals surface area contributed by atoms with Gasteiger partial charge in [0.05, 0.1) is 4.88 Å². The van der Waals surface area contributed by atoms with Crippen LogP contribution in [0.25, 0.3) is 10.6 Å². The van der Waals surface area contributed by atoms with Crippen molar-refractivity contribution in [3.8, 4) is 10.6 Å². The fraction of sp³-hybridized carbons (Fsp3) is 0.0909. The molecule has 0 fully saturated rings. The van der Waals surface area contributed by atoms with Crippen LogP contribution in [-0.2, 0) is 0 Å². The summed E-state index contributed by atoms with van der Waals surface area (Å²) in [5.41, 5.74) is 2.21. The van der Waals surface area contributed by atoms with Crippen molar-refractivity contribution < 1.29 is 4.79 Å². The molecule has 0 N–H and O–H groups in total. The van der Waals surface area contributed by atoms with E-state index in [0.29, 0.717) is 4.88 Å². The van der Waals surface area contributed by atoms with Crippen molar-refractivity contribution in [2.75, 3.05) is 0 Å². The van der Waals surface area contributed by atoms with E-state index in [2.05, 4.69) is 27.0 Å². The molecule has 2 nitrogen and oxygen atoms in total. The lowest BCUT2D eigenvalue weighted by Gasteiger charge is -2.00. The van der Waals surface area contributed by atoms with Gasteiger partial charge in [-0.1, -0.05) is 22.0 Å². The summed E-state index contributed by atoms with van der Waals surface area (Å²) in [5, 5.41) is 0.882. The van der Waals surface area contributed by atoms with E-state index in [1.807, 2.05) is 19.1 Å². The van der Waals surface area contributed by atoms with Gasteiger partial charge in [0, 0.05) is 16.2 Å². The van der Waals surface area contributed by atoms with Crippen molar-refractivity contribution in [3.05, 3.63) is 39.3 Å². The third-order valence-corrected chi connectivity index (χ3v) is 3.91. The number of thiazole rings is 1. The van der Waals surface area contributed by atoms with E-state index in [4.69, 9.17) is 0 Å². The van der Waals surface area contributed by atoms with E-state index in [9.17, 15) is 4.79 Å².